The average Bonchev–Trinajstić information content (AvgIpc) is 2.61. The number of aliphatic hydroxyl groups excluding tert-OH is 1. The van der Waals surface area contributed by atoms with Crippen molar-refractivity contribution in [3.8, 4) is 0 Å². The third-order valence-electron chi connectivity index (χ3n) is 5.22. The predicted octanol–water partition coefficient (Wildman–Crippen LogP) is 4.23. The summed E-state index contributed by atoms with van der Waals surface area (Å²) in [5, 5.41) is 13.4. The number of nitrogens with two attached hydrogens (primary N) is 1. The van der Waals surface area contributed by atoms with Crippen molar-refractivity contribution in [2.24, 2.45) is 17.1 Å². The van der Waals surface area contributed by atoms with Crippen LogP contribution in [0.2, 0.25) is 0 Å². The first-order valence-corrected chi connectivity index (χ1v) is 10.9. The van der Waals surface area contributed by atoms with Gasteiger partial charge in [-0.1, -0.05) is 65.3 Å². The number of hydrogen-bond acceptors (Lipinski definition) is 3. The summed E-state index contributed by atoms with van der Waals surface area (Å²) in [5.74, 6) is -0.234. The zero-order valence-corrected chi connectivity index (χ0v) is 18.6. The summed E-state index contributed by atoms with van der Waals surface area (Å²) in [6.07, 6.45) is 5.81. The number of benzene rings is 1. The SMILES string of the molecule is CCCCNC(=O)[C@H](C)C[C@H](O)[C@@H](N)Cc1cccc(CCCC(C)(C)C)c1. The van der Waals surface area contributed by atoms with Crippen LogP contribution in [0.4, 0.5) is 0 Å². The number of amides is 1. The van der Waals surface area contributed by atoms with E-state index in [1.54, 1.807) is 0 Å². The second-order valence-corrected chi connectivity index (χ2v) is 9.45. The summed E-state index contributed by atoms with van der Waals surface area (Å²) in [4.78, 5) is 12.1. The third kappa shape index (κ3) is 10.2. The van der Waals surface area contributed by atoms with Crippen molar-refractivity contribution in [3.63, 3.8) is 0 Å². The fourth-order valence-electron chi connectivity index (χ4n) is 3.35. The summed E-state index contributed by atoms with van der Waals surface area (Å²) in [6.45, 7) is 11.5. The fourth-order valence-corrected chi connectivity index (χ4v) is 3.35. The molecular formula is C24H42N2O2. The van der Waals surface area contributed by atoms with Crippen LogP contribution in [0.3, 0.4) is 0 Å². The minimum atomic E-state index is -0.684. The van der Waals surface area contributed by atoms with Crippen molar-refractivity contribution in [2.75, 3.05) is 6.54 Å². The summed E-state index contributed by atoms with van der Waals surface area (Å²) < 4.78 is 0. The van der Waals surface area contributed by atoms with E-state index in [9.17, 15) is 9.90 Å². The van der Waals surface area contributed by atoms with Gasteiger partial charge in [-0.05, 0) is 55.1 Å². The van der Waals surface area contributed by atoms with Crippen LogP contribution in [0.1, 0.15) is 77.8 Å². The molecule has 0 saturated heterocycles. The van der Waals surface area contributed by atoms with Crippen LogP contribution in [-0.2, 0) is 17.6 Å². The van der Waals surface area contributed by atoms with Gasteiger partial charge in [-0.15, -0.1) is 0 Å². The Labute approximate surface area is 172 Å². The molecule has 0 saturated carbocycles. The molecule has 1 aromatic carbocycles. The molecule has 0 aromatic heterocycles. The molecule has 28 heavy (non-hydrogen) atoms. The van der Waals surface area contributed by atoms with Crippen LogP contribution in [0.25, 0.3) is 0 Å². The summed E-state index contributed by atoms with van der Waals surface area (Å²) >= 11 is 0. The Kier molecular flexibility index (Phi) is 10.8. The van der Waals surface area contributed by atoms with Gasteiger partial charge >= 0.3 is 0 Å². The second kappa shape index (κ2) is 12.2. The number of nitrogens with one attached hydrogen (secondary N) is 1. The van der Waals surface area contributed by atoms with E-state index in [0.29, 0.717) is 24.8 Å². The highest BCUT2D eigenvalue weighted by Gasteiger charge is 2.22. The molecule has 1 rings (SSSR count). The molecule has 0 fully saturated rings. The van der Waals surface area contributed by atoms with Crippen LogP contribution in [-0.4, -0.2) is 29.7 Å². The van der Waals surface area contributed by atoms with E-state index in [2.05, 4.69) is 57.3 Å². The maximum Gasteiger partial charge on any atom is 0.222 e. The molecule has 0 spiro atoms. The summed E-state index contributed by atoms with van der Waals surface area (Å²) in [5.41, 5.74) is 9.09. The van der Waals surface area contributed by atoms with Crippen molar-refractivity contribution in [3.05, 3.63) is 35.4 Å². The molecular weight excluding hydrogens is 348 g/mol. The first kappa shape index (κ1) is 24.6. The highest BCUT2D eigenvalue weighted by molar-refractivity contribution is 5.78. The third-order valence-corrected chi connectivity index (χ3v) is 5.22. The maximum atomic E-state index is 12.1. The Morgan fingerprint density at radius 2 is 1.89 bits per heavy atom. The average molecular weight is 391 g/mol. The fraction of sp³-hybridized carbons (Fsp3) is 0.708. The van der Waals surface area contributed by atoms with Crippen LogP contribution in [0.5, 0.6) is 0 Å². The maximum absolute atomic E-state index is 12.1. The Morgan fingerprint density at radius 1 is 1.21 bits per heavy atom. The first-order valence-electron chi connectivity index (χ1n) is 10.9. The van der Waals surface area contributed by atoms with E-state index >= 15 is 0 Å². The number of aryl methyl sites for hydroxylation is 1. The zero-order chi connectivity index (χ0) is 21.2. The summed E-state index contributed by atoms with van der Waals surface area (Å²) in [7, 11) is 0. The Bertz CT molecular complexity index is 580. The summed E-state index contributed by atoms with van der Waals surface area (Å²) in [6, 6.07) is 8.15. The number of carbonyl (C=O) groups is 1. The molecule has 3 atom stereocenters. The second-order valence-electron chi connectivity index (χ2n) is 9.45. The normalized spacial score (nSPS) is 15.1. The van der Waals surface area contributed by atoms with Gasteiger partial charge in [0.25, 0.3) is 0 Å². The van der Waals surface area contributed by atoms with E-state index in [4.69, 9.17) is 5.73 Å². The molecule has 1 amide bonds. The van der Waals surface area contributed by atoms with Crippen molar-refractivity contribution in [1.29, 1.82) is 0 Å². The molecule has 0 aliphatic heterocycles. The van der Waals surface area contributed by atoms with Crippen molar-refractivity contribution in [2.45, 2.75) is 91.7 Å². The van der Waals surface area contributed by atoms with E-state index in [-0.39, 0.29) is 17.9 Å². The first-order chi connectivity index (χ1) is 13.1. The lowest BCUT2D eigenvalue weighted by Gasteiger charge is -2.22. The number of hydrogen-bond donors (Lipinski definition) is 3. The lowest BCUT2D eigenvalue weighted by atomic mass is 9.88. The number of rotatable bonds is 12. The molecule has 0 unspecified atom stereocenters. The number of aliphatic hydroxyl groups is 1. The van der Waals surface area contributed by atoms with Gasteiger partial charge in [0.2, 0.25) is 5.91 Å². The van der Waals surface area contributed by atoms with Crippen molar-refractivity contribution < 1.29 is 9.90 Å². The Balaban J connectivity index is 2.49. The highest BCUT2D eigenvalue weighted by atomic mass is 16.3. The minimum Gasteiger partial charge on any atom is -0.391 e. The molecule has 4 nitrogen and oxygen atoms in total. The molecule has 0 bridgehead atoms. The number of unbranched alkanes of at least 4 members (excludes halogenated alkanes) is 1. The topological polar surface area (TPSA) is 75.3 Å². The lowest BCUT2D eigenvalue weighted by Crippen LogP contribution is -2.40. The Morgan fingerprint density at radius 3 is 2.54 bits per heavy atom. The van der Waals surface area contributed by atoms with Gasteiger partial charge in [0.05, 0.1) is 6.10 Å². The molecule has 4 N–H and O–H groups in total. The molecule has 1 aromatic rings. The lowest BCUT2D eigenvalue weighted by molar-refractivity contribution is -0.125. The highest BCUT2D eigenvalue weighted by Crippen LogP contribution is 2.22. The minimum absolute atomic E-state index is 0.000505. The molecule has 0 radical (unpaired) electrons. The molecule has 0 aliphatic rings. The van der Waals surface area contributed by atoms with Crippen LogP contribution in [0.15, 0.2) is 24.3 Å². The van der Waals surface area contributed by atoms with Gasteiger partial charge in [-0.2, -0.15) is 0 Å². The van der Waals surface area contributed by atoms with E-state index in [1.807, 2.05) is 6.92 Å². The van der Waals surface area contributed by atoms with E-state index in [1.165, 1.54) is 18.4 Å². The molecule has 0 heterocycles. The van der Waals surface area contributed by atoms with Crippen molar-refractivity contribution >= 4 is 5.91 Å². The van der Waals surface area contributed by atoms with E-state index < -0.39 is 6.10 Å². The largest absolute Gasteiger partial charge is 0.391 e. The number of carbonyl (C=O) groups excluding carboxylic acids is 1. The van der Waals surface area contributed by atoms with Crippen LogP contribution < -0.4 is 11.1 Å². The van der Waals surface area contributed by atoms with Gasteiger partial charge < -0.3 is 16.2 Å². The van der Waals surface area contributed by atoms with E-state index in [0.717, 1.165) is 24.8 Å². The molecule has 0 aliphatic carbocycles. The zero-order valence-electron chi connectivity index (χ0n) is 18.6. The molecule has 160 valence electrons. The van der Waals surface area contributed by atoms with Gasteiger partial charge in [-0.25, -0.2) is 0 Å². The van der Waals surface area contributed by atoms with Gasteiger partial charge in [0.15, 0.2) is 0 Å². The smallest absolute Gasteiger partial charge is 0.222 e. The van der Waals surface area contributed by atoms with Gasteiger partial charge in [-0.3, -0.25) is 4.79 Å². The quantitative estimate of drug-likeness (QED) is 0.468. The van der Waals surface area contributed by atoms with Gasteiger partial charge in [0.1, 0.15) is 0 Å². The van der Waals surface area contributed by atoms with Crippen LogP contribution >= 0.6 is 0 Å². The molecule has 4 heteroatoms. The standard InChI is InChI=1S/C24H42N2O2/c1-6-7-14-26-23(28)18(2)15-22(27)21(25)17-20-11-8-10-19(16-20)12-9-13-24(3,4)5/h8,10-11,16,18,21-22,27H,6-7,9,12-15,17,25H2,1-5H3,(H,26,28)/t18-,21+,22+/m1/s1. The van der Waals surface area contributed by atoms with Crippen LogP contribution in [0, 0.1) is 11.3 Å². The Hall–Kier alpha value is -1.39. The van der Waals surface area contributed by atoms with Crippen molar-refractivity contribution in [1.82, 2.24) is 5.32 Å². The monoisotopic (exact) mass is 390 g/mol. The predicted molar refractivity (Wildman–Crippen MR) is 118 cm³/mol. The van der Waals surface area contributed by atoms with Gasteiger partial charge in [0, 0.05) is 18.5 Å².